The van der Waals surface area contributed by atoms with E-state index in [2.05, 4.69) is 30.4 Å². The number of thiocarbonyl (C=S) groups is 1. The minimum atomic E-state index is 0.347. The molecule has 0 unspecified atom stereocenters. The van der Waals surface area contributed by atoms with Crippen molar-refractivity contribution in [3.8, 4) is 5.75 Å². The molecule has 0 atom stereocenters. The first-order valence-corrected chi connectivity index (χ1v) is 6.93. The van der Waals surface area contributed by atoms with Crippen molar-refractivity contribution in [2.24, 2.45) is 5.73 Å². The summed E-state index contributed by atoms with van der Waals surface area (Å²) in [5.41, 5.74) is 10.8. The molecule has 3 nitrogen and oxygen atoms in total. The van der Waals surface area contributed by atoms with Crippen molar-refractivity contribution in [1.82, 2.24) is 5.32 Å². The van der Waals surface area contributed by atoms with Gasteiger partial charge >= 0.3 is 0 Å². The zero-order valence-electron chi connectivity index (χ0n) is 11.5. The summed E-state index contributed by atoms with van der Waals surface area (Å²) in [5.74, 6) is 0.943. The number of benzene rings is 1. The van der Waals surface area contributed by atoms with E-state index in [1.54, 1.807) is 7.11 Å². The molecule has 0 radical (unpaired) electrons. The Morgan fingerprint density at radius 1 is 1.47 bits per heavy atom. The molecule has 1 aromatic carbocycles. The highest BCUT2D eigenvalue weighted by atomic mass is 32.1. The molecule has 0 fully saturated rings. The molecule has 0 amide bonds. The topological polar surface area (TPSA) is 47.3 Å². The van der Waals surface area contributed by atoms with Crippen LogP contribution in [0.1, 0.15) is 29.5 Å². The Morgan fingerprint density at radius 2 is 2.26 bits per heavy atom. The molecule has 0 heterocycles. The van der Waals surface area contributed by atoms with E-state index in [1.165, 1.54) is 28.7 Å². The van der Waals surface area contributed by atoms with Gasteiger partial charge in [-0.3, -0.25) is 0 Å². The molecule has 0 spiro atoms. The Labute approximate surface area is 119 Å². The van der Waals surface area contributed by atoms with Gasteiger partial charge in [-0.25, -0.2) is 0 Å². The van der Waals surface area contributed by atoms with Gasteiger partial charge in [-0.1, -0.05) is 6.08 Å². The van der Waals surface area contributed by atoms with Gasteiger partial charge in [0.1, 0.15) is 5.75 Å². The first kappa shape index (κ1) is 13.9. The van der Waals surface area contributed by atoms with Crippen molar-refractivity contribution in [3.05, 3.63) is 34.9 Å². The molecular formula is C15H20N2OS. The maximum Gasteiger partial charge on any atom is 0.163 e. The van der Waals surface area contributed by atoms with Crippen molar-refractivity contribution in [1.29, 1.82) is 0 Å². The summed E-state index contributed by atoms with van der Waals surface area (Å²) in [5, 5.41) is 3.32. The molecule has 102 valence electrons. The number of nitrogens with one attached hydrogen (secondary N) is 1. The van der Waals surface area contributed by atoms with Crippen molar-refractivity contribution in [3.63, 3.8) is 0 Å². The molecule has 0 saturated carbocycles. The van der Waals surface area contributed by atoms with E-state index in [4.69, 9.17) is 22.7 Å². The van der Waals surface area contributed by atoms with Crippen LogP contribution >= 0.6 is 12.2 Å². The van der Waals surface area contributed by atoms with Gasteiger partial charge in [-0.15, -0.1) is 0 Å². The average Bonchev–Trinajstić information content (AvgIpc) is 2.37. The summed E-state index contributed by atoms with van der Waals surface area (Å²) in [6.45, 7) is 2.83. The average molecular weight is 276 g/mol. The Bertz CT molecular complexity index is 523. The molecule has 1 aliphatic rings. The lowest BCUT2D eigenvalue weighted by Gasteiger charge is -2.22. The van der Waals surface area contributed by atoms with Gasteiger partial charge in [-0.05, 0) is 72.8 Å². The van der Waals surface area contributed by atoms with E-state index in [1.807, 2.05) is 0 Å². The van der Waals surface area contributed by atoms with E-state index >= 15 is 0 Å². The van der Waals surface area contributed by atoms with E-state index < -0.39 is 0 Å². The molecule has 1 aliphatic carbocycles. The molecule has 0 saturated heterocycles. The van der Waals surface area contributed by atoms with Gasteiger partial charge < -0.3 is 15.8 Å². The second-order valence-corrected chi connectivity index (χ2v) is 5.25. The maximum absolute atomic E-state index is 5.45. The molecule has 0 aromatic heterocycles. The van der Waals surface area contributed by atoms with Crippen molar-refractivity contribution in [2.45, 2.75) is 26.2 Å². The molecular weight excluding hydrogens is 256 g/mol. The summed E-state index contributed by atoms with van der Waals surface area (Å²) < 4.78 is 5.34. The highest BCUT2D eigenvalue weighted by Gasteiger charge is 2.17. The zero-order valence-corrected chi connectivity index (χ0v) is 12.3. The molecule has 3 N–H and O–H groups in total. The fourth-order valence-electron chi connectivity index (χ4n) is 2.67. The first-order valence-electron chi connectivity index (χ1n) is 6.52. The highest BCUT2D eigenvalue weighted by molar-refractivity contribution is 7.80. The number of fused-ring (bicyclic) bond motifs is 1. The minimum absolute atomic E-state index is 0.347. The molecule has 19 heavy (non-hydrogen) atoms. The molecule has 2 rings (SSSR count). The van der Waals surface area contributed by atoms with Crippen LogP contribution in [0, 0.1) is 6.92 Å². The summed E-state index contributed by atoms with van der Waals surface area (Å²) in [6.07, 6.45) is 5.60. The minimum Gasteiger partial charge on any atom is -0.497 e. The summed E-state index contributed by atoms with van der Waals surface area (Å²) in [7, 11) is 1.72. The fourth-order valence-corrected chi connectivity index (χ4v) is 2.76. The SMILES string of the molecule is COc1cc(C)c2c(c1)CCCC2=CCNC(N)=S. The Kier molecular flexibility index (Phi) is 4.43. The first-order chi connectivity index (χ1) is 9.11. The number of ether oxygens (including phenoxy) is 1. The predicted molar refractivity (Wildman–Crippen MR) is 83.4 cm³/mol. The number of aryl methyl sites for hydroxylation is 2. The lowest BCUT2D eigenvalue weighted by atomic mass is 9.84. The van der Waals surface area contributed by atoms with Crippen LogP contribution < -0.4 is 15.8 Å². The number of hydrogen-bond acceptors (Lipinski definition) is 2. The van der Waals surface area contributed by atoms with Crippen LogP contribution in [0.4, 0.5) is 0 Å². The van der Waals surface area contributed by atoms with Crippen molar-refractivity contribution < 1.29 is 4.74 Å². The molecule has 0 bridgehead atoms. The van der Waals surface area contributed by atoms with Crippen LogP contribution in [0.2, 0.25) is 0 Å². The van der Waals surface area contributed by atoms with Crippen LogP contribution in [0.25, 0.3) is 5.57 Å². The number of hydrogen-bond donors (Lipinski definition) is 2. The maximum atomic E-state index is 5.45. The van der Waals surface area contributed by atoms with Crippen LogP contribution in [-0.4, -0.2) is 18.8 Å². The van der Waals surface area contributed by atoms with Crippen molar-refractivity contribution >= 4 is 22.9 Å². The molecule has 4 heteroatoms. The number of allylic oxidation sites excluding steroid dienone is 1. The van der Waals surface area contributed by atoms with Gasteiger partial charge in [0.2, 0.25) is 0 Å². The van der Waals surface area contributed by atoms with E-state index in [9.17, 15) is 0 Å². The zero-order chi connectivity index (χ0) is 13.8. The molecule has 0 aliphatic heterocycles. The predicted octanol–water partition coefficient (Wildman–Crippen LogP) is 2.56. The second-order valence-electron chi connectivity index (χ2n) is 4.81. The Hall–Kier alpha value is -1.55. The number of rotatable bonds is 3. The number of methoxy groups -OCH3 is 1. The third kappa shape index (κ3) is 3.26. The fraction of sp³-hybridized carbons (Fsp3) is 0.400. The lowest BCUT2D eigenvalue weighted by molar-refractivity contribution is 0.413. The highest BCUT2D eigenvalue weighted by Crippen LogP contribution is 2.35. The van der Waals surface area contributed by atoms with Gasteiger partial charge in [0.25, 0.3) is 0 Å². The van der Waals surface area contributed by atoms with Crippen molar-refractivity contribution in [2.75, 3.05) is 13.7 Å². The Balaban J connectivity index is 2.30. The Morgan fingerprint density at radius 3 is 2.95 bits per heavy atom. The quantitative estimate of drug-likeness (QED) is 0.833. The van der Waals surface area contributed by atoms with Crippen LogP contribution in [0.15, 0.2) is 18.2 Å². The standard InChI is InChI=1S/C15H20N2OS/c1-10-8-13(18-2)9-12-5-3-4-11(14(10)12)6-7-17-15(16)19/h6,8-9H,3-5,7H2,1-2H3,(H3,16,17,19). The second kappa shape index (κ2) is 6.06. The monoisotopic (exact) mass is 276 g/mol. The summed E-state index contributed by atoms with van der Waals surface area (Å²) in [6, 6.07) is 4.25. The van der Waals surface area contributed by atoms with E-state index in [0.29, 0.717) is 11.7 Å². The molecule has 1 aromatic rings. The smallest absolute Gasteiger partial charge is 0.163 e. The van der Waals surface area contributed by atoms with Gasteiger partial charge in [0, 0.05) is 6.54 Å². The van der Waals surface area contributed by atoms with Gasteiger partial charge in [0.05, 0.1) is 7.11 Å². The number of nitrogens with two attached hydrogens (primary N) is 1. The van der Waals surface area contributed by atoms with Crippen LogP contribution in [0.5, 0.6) is 5.75 Å². The lowest BCUT2D eigenvalue weighted by Crippen LogP contribution is -2.29. The van der Waals surface area contributed by atoms with E-state index in [-0.39, 0.29) is 0 Å². The summed E-state index contributed by atoms with van der Waals surface area (Å²) in [4.78, 5) is 0. The van der Waals surface area contributed by atoms with Crippen LogP contribution in [0.3, 0.4) is 0 Å². The largest absolute Gasteiger partial charge is 0.497 e. The normalized spacial score (nSPS) is 16.0. The summed E-state index contributed by atoms with van der Waals surface area (Å²) >= 11 is 4.82. The van der Waals surface area contributed by atoms with E-state index in [0.717, 1.165) is 18.6 Å². The van der Waals surface area contributed by atoms with Gasteiger partial charge in [-0.2, -0.15) is 0 Å². The third-order valence-electron chi connectivity index (χ3n) is 3.46. The van der Waals surface area contributed by atoms with Gasteiger partial charge in [0.15, 0.2) is 5.11 Å². The van der Waals surface area contributed by atoms with Crippen LogP contribution in [-0.2, 0) is 6.42 Å². The third-order valence-corrected chi connectivity index (χ3v) is 3.61.